The zero-order valence-electron chi connectivity index (χ0n) is 10.4. The van der Waals surface area contributed by atoms with Gasteiger partial charge in [0.2, 0.25) is 11.7 Å². The lowest BCUT2D eigenvalue weighted by Gasteiger charge is -2.03. The molecule has 0 aliphatic carbocycles. The first-order chi connectivity index (χ1) is 9.32. The van der Waals surface area contributed by atoms with E-state index in [1.807, 2.05) is 0 Å². The molecule has 20 heavy (non-hydrogen) atoms. The molecule has 0 aliphatic heterocycles. The maximum atomic E-state index is 12.8. The fraction of sp³-hybridized carbons (Fsp3) is 0.364. The summed E-state index contributed by atoms with van der Waals surface area (Å²) in [6.45, 7) is 2.93. The van der Waals surface area contributed by atoms with E-state index in [2.05, 4.69) is 14.9 Å². The topological polar surface area (TPSA) is 78.4 Å². The highest BCUT2D eigenvalue weighted by Gasteiger charge is 2.42. The minimum absolute atomic E-state index is 0.0384. The lowest BCUT2D eigenvalue weighted by molar-refractivity contribution is -0.141. The number of hydrogen-bond acceptors (Lipinski definition) is 6. The molecule has 2 aromatic heterocycles. The first-order valence-corrected chi connectivity index (χ1v) is 5.51. The van der Waals surface area contributed by atoms with Crippen molar-refractivity contribution in [3.8, 4) is 11.6 Å². The monoisotopic (exact) mass is 290 g/mol. The van der Waals surface area contributed by atoms with Crippen molar-refractivity contribution in [1.29, 1.82) is 0 Å². The molecule has 0 N–H and O–H groups in total. The van der Waals surface area contributed by atoms with Crippen LogP contribution in [0.1, 0.15) is 28.9 Å². The zero-order valence-corrected chi connectivity index (χ0v) is 10.4. The maximum absolute atomic E-state index is 12.8. The van der Waals surface area contributed by atoms with E-state index in [0.29, 0.717) is 5.76 Å². The summed E-state index contributed by atoms with van der Waals surface area (Å²) in [5, 5.41) is 3.48. The fourth-order valence-corrected chi connectivity index (χ4v) is 1.42. The van der Waals surface area contributed by atoms with Crippen LogP contribution in [0.2, 0.25) is 0 Å². The molecular formula is C11H9F3N2O4. The van der Waals surface area contributed by atoms with Crippen molar-refractivity contribution in [2.24, 2.45) is 0 Å². The van der Waals surface area contributed by atoms with Gasteiger partial charge in [-0.2, -0.15) is 13.2 Å². The van der Waals surface area contributed by atoms with Crippen LogP contribution in [0.3, 0.4) is 0 Å². The largest absolute Gasteiger partial charge is 0.460 e. The minimum Gasteiger partial charge on any atom is -0.460 e. The predicted octanol–water partition coefficient (Wildman–Crippen LogP) is 2.83. The van der Waals surface area contributed by atoms with E-state index < -0.39 is 29.5 Å². The number of aromatic nitrogens is 2. The molecule has 0 saturated heterocycles. The van der Waals surface area contributed by atoms with Crippen molar-refractivity contribution in [2.45, 2.75) is 20.0 Å². The summed E-state index contributed by atoms with van der Waals surface area (Å²) in [4.78, 5) is 14.7. The third-order valence-electron chi connectivity index (χ3n) is 2.20. The number of carbonyl (C=O) groups is 1. The summed E-state index contributed by atoms with van der Waals surface area (Å²) in [5.41, 5.74) is -1.49. The Labute approximate surface area is 110 Å². The van der Waals surface area contributed by atoms with Crippen LogP contribution in [0.25, 0.3) is 11.6 Å². The van der Waals surface area contributed by atoms with E-state index in [1.54, 1.807) is 6.92 Å². The van der Waals surface area contributed by atoms with Crippen molar-refractivity contribution >= 4 is 5.97 Å². The molecule has 0 spiro atoms. The van der Waals surface area contributed by atoms with Crippen LogP contribution in [0.5, 0.6) is 0 Å². The van der Waals surface area contributed by atoms with Gasteiger partial charge in [0.15, 0.2) is 11.4 Å². The second-order valence-electron chi connectivity index (χ2n) is 3.74. The highest BCUT2D eigenvalue weighted by molar-refractivity contribution is 5.88. The highest BCUT2D eigenvalue weighted by Crippen LogP contribution is 2.34. The number of hydrogen-bond donors (Lipinski definition) is 0. The molecule has 0 fully saturated rings. The molecule has 2 aromatic rings. The van der Waals surface area contributed by atoms with E-state index in [-0.39, 0.29) is 12.3 Å². The number of nitrogens with zero attached hydrogens (tertiary/aromatic N) is 2. The number of carbonyl (C=O) groups excluding carboxylic acids is 1. The molecule has 0 unspecified atom stereocenters. The van der Waals surface area contributed by atoms with Crippen molar-refractivity contribution in [2.75, 3.05) is 6.61 Å². The number of alkyl halides is 3. The SMILES string of the molecule is CCOC(=O)c1oc(-c2cc(C)on2)nc1C(F)(F)F. The average Bonchev–Trinajstić information content (AvgIpc) is 2.94. The van der Waals surface area contributed by atoms with Crippen LogP contribution >= 0.6 is 0 Å². The van der Waals surface area contributed by atoms with Crippen LogP contribution in [-0.2, 0) is 10.9 Å². The minimum atomic E-state index is -4.84. The smallest absolute Gasteiger partial charge is 0.437 e. The molecule has 0 radical (unpaired) electrons. The summed E-state index contributed by atoms with van der Waals surface area (Å²) in [6.07, 6.45) is -4.84. The van der Waals surface area contributed by atoms with Gasteiger partial charge in [0.05, 0.1) is 6.61 Å². The molecule has 0 aromatic carbocycles. The Hall–Kier alpha value is -2.32. The van der Waals surface area contributed by atoms with Gasteiger partial charge in [-0.05, 0) is 13.8 Å². The van der Waals surface area contributed by atoms with E-state index in [0.717, 1.165) is 0 Å². The van der Waals surface area contributed by atoms with Gasteiger partial charge in [-0.3, -0.25) is 0 Å². The molecule has 0 saturated carbocycles. The van der Waals surface area contributed by atoms with Crippen molar-refractivity contribution in [3.63, 3.8) is 0 Å². The summed E-state index contributed by atoms with van der Waals surface area (Å²) in [6, 6.07) is 1.33. The van der Waals surface area contributed by atoms with Crippen molar-refractivity contribution in [1.82, 2.24) is 10.1 Å². The summed E-state index contributed by atoms with van der Waals surface area (Å²) < 4.78 is 52.5. The van der Waals surface area contributed by atoms with Gasteiger partial charge in [-0.25, -0.2) is 9.78 Å². The Morgan fingerprint density at radius 3 is 2.65 bits per heavy atom. The Bertz CT molecular complexity index is 630. The normalized spacial score (nSPS) is 11.7. The standard InChI is InChI=1S/C11H9F3N2O4/c1-3-18-10(17)7-8(11(12,13)14)15-9(19-7)6-4-5(2)20-16-6/h4H,3H2,1-2H3. The van der Waals surface area contributed by atoms with Gasteiger partial charge >= 0.3 is 12.1 Å². The molecule has 9 heteroatoms. The molecular weight excluding hydrogens is 281 g/mol. The number of halogens is 3. The summed E-state index contributed by atoms with van der Waals surface area (Å²) >= 11 is 0. The molecule has 0 bridgehead atoms. The van der Waals surface area contributed by atoms with Crippen molar-refractivity contribution in [3.05, 3.63) is 23.3 Å². The number of oxazole rings is 1. The maximum Gasteiger partial charge on any atom is 0.437 e. The van der Waals surface area contributed by atoms with Gasteiger partial charge in [-0.1, -0.05) is 5.16 Å². The molecule has 108 valence electrons. The Kier molecular flexibility index (Phi) is 3.51. The third-order valence-corrected chi connectivity index (χ3v) is 2.20. The number of esters is 1. The second-order valence-corrected chi connectivity index (χ2v) is 3.74. The number of aryl methyl sites for hydroxylation is 1. The molecule has 2 rings (SSSR count). The quantitative estimate of drug-likeness (QED) is 0.809. The second kappa shape index (κ2) is 4.99. The Morgan fingerprint density at radius 2 is 2.15 bits per heavy atom. The van der Waals surface area contributed by atoms with Crippen molar-refractivity contribution < 1.29 is 31.6 Å². The Morgan fingerprint density at radius 1 is 1.45 bits per heavy atom. The van der Waals surface area contributed by atoms with Crippen LogP contribution in [0, 0.1) is 6.92 Å². The van der Waals surface area contributed by atoms with Crippen LogP contribution in [-0.4, -0.2) is 22.7 Å². The van der Waals surface area contributed by atoms with Gasteiger partial charge in [-0.15, -0.1) is 0 Å². The average molecular weight is 290 g/mol. The molecule has 0 amide bonds. The number of ether oxygens (including phenoxy) is 1. The Balaban J connectivity index is 2.50. The van der Waals surface area contributed by atoms with E-state index in [1.165, 1.54) is 13.0 Å². The lowest BCUT2D eigenvalue weighted by Crippen LogP contribution is -2.14. The van der Waals surface area contributed by atoms with Gasteiger partial charge < -0.3 is 13.7 Å². The molecule has 2 heterocycles. The predicted molar refractivity (Wildman–Crippen MR) is 57.7 cm³/mol. The van der Waals surface area contributed by atoms with E-state index in [4.69, 9.17) is 8.94 Å². The molecule has 0 aliphatic rings. The van der Waals surface area contributed by atoms with Gasteiger partial charge in [0.25, 0.3) is 0 Å². The third kappa shape index (κ3) is 2.65. The van der Waals surface area contributed by atoms with Crippen LogP contribution in [0.4, 0.5) is 13.2 Å². The highest BCUT2D eigenvalue weighted by atomic mass is 19.4. The summed E-state index contributed by atoms with van der Waals surface area (Å²) in [7, 11) is 0. The lowest BCUT2D eigenvalue weighted by atomic mass is 10.3. The molecule has 0 atom stereocenters. The van der Waals surface area contributed by atoms with E-state index in [9.17, 15) is 18.0 Å². The fourth-order valence-electron chi connectivity index (χ4n) is 1.42. The number of rotatable bonds is 3. The van der Waals surface area contributed by atoms with E-state index >= 15 is 0 Å². The molecule has 6 nitrogen and oxygen atoms in total. The zero-order chi connectivity index (χ0) is 14.9. The van der Waals surface area contributed by atoms with Gasteiger partial charge in [0.1, 0.15) is 5.76 Å². The summed E-state index contributed by atoms with van der Waals surface area (Å²) in [5.74, 6) is -2.34. The first-order valence-electron chi connectivity index (χ1n) is 5.51. The van der Waals surface area contributed by atoms with Gasteiger partial charge in [0, 0.05) is 6.07 Å². The first kappa shape index (κ1) is 14.1. The van der Waals surface area contributed by atoms with Crippen LogP contribution < -0.4 is 0 Å². The van der Waals surface area contributed by atoms with Crippen LogP contribution in [0.15, 0.2) is 15.0 Å².